The maximum absolute atomic E-state index is 3.53. The molecule has 88 valence electrons. The van der Waals surface area contributed by atoms with Crippen molar-refractivity contribution in [3.8, 4) is 0 Å². The van der Waals surface area contributed by atoms with Crippen LogP contribution >= 0.6 is 63.7 Å². The zero-order valence-electron chi connectivity index (χ0n) is 8.48. The SMILES string of the molecule is Brc1ccc(Nc2c(Br)cccc2Br)c(Br)c1. The van der Waals surface area contributed by atoms with Crippen molar-refractivity contribution in [3.63, 3.8) is 0 Å². The minimum absolute atomic E-state index is 1.01. The molecule has 0 aliphatic heterocycles. The lowest BCUT2D eigenvalue weighted by Gasteiger charge is -2.12. The van der Waals surface area contributed by atoms with Crippen LogP contribution in [0.2, 0.25) is 0 Å². The molecule has 0 saturated carbocycles. The molecule has 0 spiro atoms. The normalized spacial score (nSPS) is 10.4. The quantitative estimate of drug-likeness (QED) is 0.514. The lowest BCUT2D eigenvalue weighted by atomic mass is 10.3. The Hall–Kier alpha value is 0.160. The Morgan fingerprint density at radius 3 is 2.00 bits per heavy atom. The molecule has 1 N–H and O–H groups in total. The van der Waals surface area contributed by atoms with Gasteiger partial charge in [-0.05, 0) is 78.1 Å². The van der Waals surface area contributed by atoms with Gasteiger partial charge in [-0.3, -0.25) is 0 Å². The fourth-order valence-corrected chi connectivity index (χ4v) is 3.69. The van der Waals surface area contributed by atoms with Gasteiger partial charge in [0.15, 0.2) is 0 Å². The standard InChI is InChI=1S/C12H7Br4N/c13-7-4-5-11(10(16)6-7)17-12-8(14)2-1-3-9(12)15/h1-6,17H. The first-order valence-electron chi connectivity index (χ1n) is 4.74. The van der Waals surface area contributed by atoms with E-state index in [9.17, 15) is 0 Å². The molecule has 0 fully saturated rings. The van der Waals surface area contributed by atoms with Crippen molar-refractivity contribution in [2.24, 2.45) is 0 Å². The zero-order chi connectivity index (χ0) is 12.4. The number of anilines is 2. The molecule has 0 bridgehead atoms. The lowest BCUT2D eigenvalue weighted by Crippen LogP contribution is -1.93. The minimum atomic E-state index is 1.01. The van der Waals surface area contributed by atoms with Gasteiger partial charge in [-0.15, -0.1) is 0 Å². The number of hydrogen-bond donors (Lipinski definition) is 1. The Bertz CT molecular complexity index is 534. The van der Waals surface area contributed by atoms with Crippen LogP contribution in [0, 0.1) is 0 Å². The Kier molecular flexibility index (Phi) is 4.69. The van der Waals surface area contributed by atoms with E-state index >= 15 is 0 Å². The van der Waals surface area contributed by atoms with Crippen LogP contribution in [0.1, 0.15) is 0 Å². The molecule has 0 radical (unpaired) electrons. The van der Waals surface area contributed by atoms with Gasteiger partial charge in [-0.1, -0.05) is 22.0 Å². The Balaban J connectivity index is 2.38. The molecule has 0 aliphatic carbocycles. The molecule has 0 aromatic heterocycles. The summed E-state index contributed by atoms with van der Waals surface area (Å²) in [5, 5.41) is 3.37. The summed E-state index contributed by atoms with van der Waals surface area (Å²) >= 11 is 14.0. The first-order chi connectivity index (χ1) is 8.08. The Morgan fingerprint density at radius 2 is 1.41 bits per heavy atom. The van der Waals surface area contributed by atoms with Crippen molar-refractivity contribution in [1.29, 1.82) is 0 Å². The van der Waals surface area contributed by atoms with E-state index in [0.29, 0.717) is 0 Å². The topological polar surface area (TPSA) is 12.0 Å². The van der Waals surface area contributed by atoms with Gasteiger partial charge in [0.1, 0.15) is 0 Å². The highest BCUT2D eigenvalue weighted by Gasteiger charge is 2.07. The second kappa shape index (κ2) is 5.87. The van der Waals surface area contributed by atoms with Gasteiger partial charge in [0.05, 0.1) is 11.4 Å². The molecule has 1 nitrogen and oxygen atoms in total. The Labute approximate surface area is 134 Å². The molecule has 2 aromatic carbocycles. The lowest BCUT2D eigenvalue weighted by molar-refractivity contribution is 1.47. The molecule has 0 atom stereocenters. The molecular formula is C12H7Br4N. The largest absolute Gasteiger partial charge is 0.353 e. The molecule has 0 aliphatic rings. The fourth-order valence-electron chi connectivity index (χ4n) is 1.34. The number of benzene rings is 2. The molecule has 17 heavy (non-hydrogen) atoms. The smallest absolute Gasteiger partial charge is 0.0673 e. The van der Waals surface area contributed by atoms with Crippen LogP contribution in [0.4, 0.5) is 11.4 Å². The van der Waals surface area contributed by atoms with Gasteiger partial charge < -0.3 is 5.32 Å². The van der Waals surface area contributed by atoms with Crippen LogP contribution < -0.4 is 5.32 Å². The van der Waals surface area contributed by atoms with Crippen molar-refractivity contribution < 1.29 is 0 Å². The zero-order valence-corrected chi connectivity index (χ0v) is 14.8. The van der Waals surface area contributed by atoms with Crippen LogP contribution in [0.15, 0.2) is 54.3 Å². The van der Waals surface area contributed by atoms with E-state index in [1.54, 1.807) is 0 Å². The van der Waals surface area contributed by atoms with Crippen molar-refractivity contribution in [1.82, 2.24) is 0 Å². The summed E-state index contributed by atoms with van der Waals surface area (Å²) in [6, 6.07) is 12.0. The van der Waals surface area contributed by atoms with Crippen LogP contribution in [0.25, 0.3) is 0 Å². The summed E-state index contributed by atoms with van der Waals surface area (Å²) in [5.74, 6) is 0. The van der Waals surface area contributed by atoms with Crippen LogP contribution in [-0.2, 0) is 0 Å². The van der Waals surface area contributed by atoms with E-state index in [0.717, 1.165) is 29.3 Å². The third-order valence-electron chi connectivity index (χ3n) is 2.15. The number of hydrogen-bond acceptors (Lipinski definition) is 1. The maximum atomic E-state index is 3.53. The minimum Gasteiger partial charge on any atom is -0.353 e. The van der Waals surface area contributed by atoms with Crippen LogP contribution in [-0.4, -0.2) is 0 Å². The first-order valence-corrected chi connectivity index (χ1v) is 7.91. The second-order valence-corrected chi connectivity index (χ2v) is 6.82. The van der Waals surface area contributed by atoms with Gasteiger partial charge in [0, 0.05) is 17.9 Å². The fraction of sp³-hybridized carbons (Fsp3) is 0. The first kappa shape index (κ1) is 13.6. The molecule has 2 rings (SSSR count). The molecule has 0 unspecified atom stereocenters. The summed E-state index contributed by atoms with van der Waals surface area (Å²) < 4.78 is 4.08. The van der Waals surface area contributed by atoms with Crippen molar-refractivity contribution in [3.05, 3.63) is 54.3 Å². The predicted octanol–water partition coefficient (Wildman–Crippen LogP) is 6.48. The van der Waals surface area contributed by atoms with Gasteiger partial charge in [0.2, 0.25) is 0 Å². The van der Waals surface area contributed by atoms with E-state index < -0.39 is 0 Å². The van der Waals surface area contributed by atoms with Gasteiger partial charge in [0.25, 0.3) is 0 Å². The summed E-state index contributed by atoms with van der Waals surface area (Å²) in [4.78, 5) is 0. The monoisotopic (exact) mass is 481 g/mol. The highest BCUT2D eigenvalue weighted by atomic mass is 79.9. The van der Waals surface area contributed by atoms with Crippen molar-refractivity contribution in [2.75, 3.05) is 5.32 Å². The van der Waals surface area contributed by atoms with E-state index in [2.05, 4.69) is 69.0 Å². The molecule has 0 amide bonds. The molecule has 0 saturated heterocycles. The summed E-state index contributed by atoms with van der Waals surface area (Å²) in [6.07, 6.45) is 0. The average molecular weight is 485 g/mol. The highest BCUT2D eigenvalue weighted by Crippen LogP contribution is 2.36. The van der Waals surface area contributed by atoms with Crippen molar-refractivity contribution >= 4 is 75.1 Å². The highest BCUT2D eigenvalue weighted by molar-refractivity contribution is 9.11. The molecule has 5 heteroatoms. The van der Waals surface area contributed by atoms with Gasteiger partial charge in [-0.25, -0.2) is 0 Å². The van der Waals surface area contributed by atoms with E-state index in [1.807, 2.05) is 36.4 Å². The average Bonchev–Trinajstić information content (AvgIpc) is 2.26. The second-order valence-electron chi connectivity index (χ2n) is 3.35. The van der Waals surface area contributed by atoms with Gasteiger partial charge >= 0.3 is 0 Å². The summed E-state index contributed by atoms with van der Waals surface area (Å²) in [5.41, 5.74) is 2.02. The number of nitrogens with one attached hydrogen (secondary N) is 1. The van der Waals surface area contributed by atoms with Crippen LogP contribution in [0.5, 0.6) is 0 Å². The van der Waals surface area contributed by atoms with E-state index in [1.165, 1.54) is 0 Å². The van der Waals surface area contributed by atoms with Crippen LogP contribution in [0.3, 0.4) is 0 Å². The molecule has 0 heterocycles. The third kappa shape index (κ3) is 3.34. The van der Waals surface area contributed by atoms with E-state index in [4.69, 9.17) is 0 Å². The number of halogens is 4. The third-order valence-corrected chi connectivity index (χ3v) is 4.62. The maximum Gasteiger partial charge on any atom is 0.0673 e. The molecule has 2 aromatic rings. The predicted molar refractivity (Wildman–Crippen MR) is 87.0 cm³/mol. The number of para-hydroxylation sites is 1. The Morgan fingerprint density at radius 1 is 0.765 bits per heavy atom. The van der Waals surface area contributed by atoms with E-state index in [-0.39, 0.29) is 0 Å². The molecular weight excluding hydrogens is 478 g/mol. The summed E-state index contributed by atoms with van der Waals surface area (Å²) in [7, 11) is 0. The van der Waals surface area contributed by atoms with Gasteiger partial charge in [-0.2, -0.15) is 0 Å². The number of rotatable bonds is 2. The summed E-state index contributed by atoms with van der Waals surface area (Å²) in [6.45, 7) is 0. The van der Waals surface area contributed by atoms with Crippen molar-refractivity contribution in [2.45, 2.75) is 0 Å².